The van der Waals surface area contributed by atoms with Crippen molar-refractivity contribution in [1.82, 2.24) is 14.5 Å². The molecule has 0 N–H and O–H groups in total. The van der Waals surface area contributed by atoms with Crippen LogP contribution in [0.1, 0.15) is 21.7 Å². The van der Waals surface area contributed by atoms with Gasteiger partial charge in [-0.15, -0.1) is 11.3 Å². The molecular formula is C14H17N3OS2. The summed E-state index contributed by atoms with van der Waals surface area (Å²) in [6.07, 6.45) is 1.79. The van der Waals surface area contributed by atoms with Crippen LogP contribution in [0.25, 0.3) is 5.13 Å². The van der Waals surface area contributed by atoms with E-state index in [-0.39, 0.29) is 5.91 Å². The van der Waals surface area contributed by atoms with Gasteiger partial charge in [0, 0.05) is 47.6 Å². The third kappa shape index (κ3) is 2.38. The summed E-state index contributed by atoms with van der Waals surface area (Å²) in [5.41, 5.74) is 2.86. The molecule has 0 radical (unpaired) electrons. The molecule has 1 amide bonds. The van der Waals surface area contributed by atoms with Gasteiger partial charge in [-0.25, -0.2) is 4.98 Å². The van der Waals surface area contributed by atoms with E-state index in [1.165, 1.54) is 0 Å². The van der Waals surface area contributed by atoms with Gasteiger partial charge >= 0.3 is 0 Å². The molecule has 106 valence electrons. The zero-order chi connectivity index (χ0) is 14.1. The largest absolute Gasteiger partial charge is 0.337 e. The quantitative estimate of drug-likeness (QED) is 0.856. The highest BCUT2D eigenvalue weighted by atomic mass is 32.2. The number of aryl methyl sites for hydroxylation is 1. The van der Waals surface area contributed by atoms with Gasteiger partial charge in [0.1, 0.15) is 0 Å². The van der Waals surface area contributed by atoms with Crippen LogP contribution < -0.4 is 0 Å². The Morgan fingerprint density at radius 1 is 1.30 bits per heavy atom. The molecule has 0 bridgehead atoms. The first-order valence-corrected chi connectivity index (χ1v) is 8.68. The van der Waals surface area contributed by atoms with Crippen molar-refractivity contribution in [1.29, 1.82) is 0 Å². The first kappa shape index (κ1) is 13.7. The molecule has 2 aromatic heterocycles. The summed E-state index contributed by atoms with van der Waals surface area (Å²) in [6, 6.07) is 1.99. The van der Waals surface area contributed by atoms with Crippen LogP contribution >= 0.6 is 23.1 Å². The number of aromatic nitrogens is 2. The van der Waals surface area contributed by atoms with Gasteiger partial charge in [0.15, 0.2) is 5.13 Å². The van der Waals surface area contributed by atoms with Gasteiger partial charge in [-0.05, 0) is 19.9 Å². The number of hydrogen-bond acceptors (Lipinski definition) is 4. The maximum Gasteiger partial charge on any atom is 0.255 e. The maximum atomic E-state index is 12.6. The van der Waals surface area contributed by atoms with Crippen LogP contribution in [0.4, 0.5) is 0 Å². The third-order valence-corrected chi connectivity index (χ3v) is 5.27. The number of thioether (sulfide) groups is 1. The summed E-state index contributed by atoms with van der Waals surface area (Å²) in [5.74, 6) is 2.23. The van der Waals surface area contributed by atoms with Crippen LogP contribution in [0, 0.1) is 13.8 Å². The second kappa shape index (κ2) is 5.61. The van der Waals surface area contributed by atoms with Crippen LogP contribution in [0.15, 0.2) is 17.6 Å². The molecule has 0 saturated carbocycles. The Hall–Kier alpha value is -1.27. The number of hydrogen-bond donors (Lipinski definition) is 0. The lowest BCUT2D eigenvalue weighted by atomic mass is 10.2. The summed E-state index contributed by atoms with van der Waals surface area (Å²) in [6.45, 7) is 5.73. The van der Waals surface area contributed by atoms with Gasteiger partial charge in [-0.2, -0.15) is 11.8 Å². The molecule has 0 aromatic carbocycles. The van der Waals surface area contributed by atoms with Crippen molar-refractivity contribution in [2.45, 2.75) is 13.8 Å². The molecule has 3 heterocycles. The van der Waals surface area contributed by atoms with Gasteiger partial charge < -0.3 is 4.90 Å². The fourth-order valence-corrected chi connectivity index (χ4v) is 4.19. The monoisotopic (exact) mass is 307 g/mol. The minimum Gasteiger partial charge on any atom is -0.337 e. The minimum atomic E-state index is 0.154. The van der Waals surface area contributed by atoms with E-state index in [0.29, 0.717) is 0 Å². The highest BCUT2D eigenvalue weighted by molar-refractivity contribution is 7.99. The zero-order valence-corrected chi connectivity index (χ0v) is 13.3. The van der Waals surface area contributed by atoms with Crippen molar-refractivity contribution in [3.8, 4) is 5.13 Å². The summed E-state index contributed by atoms with van der Waals surface area (Å²) in [5, 5.41) is 2.88. The second-order valence-electron chi connectivity index (χ2n) is 4.84. The molecule has 3 rings (SSSR count). The van der Waals surface area contributed by atoms with E-state index in [0.717, 1.165) is 46.7 Å². The van der Waals surface area contributed by atoms with E-state index < -0.39 is 0 Å². The molecule has 2 aromatic rings. The van der Waals surface area contributed by atoms with E-state index in [9.17, 15) is 4.79 Å². The SMILES string of the molecule is Cc1cc(C(=O)N2CCSCC2)c(C)n1-c1nccs1. The Bertz CT molecular complexity index is 613. The van der Waals surface area contributed by atoms with Gasteiger partial charge in [0.25, 0.3) is 5.91 Å². The fraction of sp³-hybridized carbons (Fsp3) is 0.429. The number of rotatable bonds is 2. The average Bonchev–Trinajstić information content (AvgIpc) is 3.07. The number of nitrogens with zero attached hydrogens (tertiary/aromatic N) is 3. The van der Waals surface area contributed by atoms with Crippen molar-refractivity contribution in [3.05, 3.63) is 34.6 Å². The minimum absolute atomic E-state index is 0.154. The second-order valence-corrected chi connectivity index (χ2v) is 6.94. The van der Waals surface area contributed by atoms with Crippen LogP contribution in [0.5, 0.6) is 0 Å². The summed E-state index contributed by atoms with van der Waals surface area (Å²) in [4.78, 5) is 19.0. The summed E-state index contributed by atoms with van der Waals surface area (Å²) >= 11 is 3.50. The predicted octanol–water partition coefficient (Wildman–Crippen LogP) is 2.74. The van der Waals surface area contributed by atoms with Gasteiger partial charge in [0.2, 0.25) is 0 Å². The van der Waals surface area contributed by atoms with Gasteiger partial charge in [-0.3, -0.25) is 9.36 Å². The molecule has 1 saturated heterocycles. The van der Waals surface area contributed by atoms with Crippen molar-refractivity contribution in [2.75, 3.05) is 24.6 Å². The van der Waals surface area contributed by atoms with Crippen molar-refractivity contribution < 1.29 is 4.79 Å². The standard InChI is InChI=1S/C14H17N3OS2/c1-10-9-12(13(18)16-4-7-19-8-5-16)11(2)17(10)14-15-3-6-20-14/h3,6,9H,4-5,7-8H2,1-2H3. The molecular weight excluding hydrogens is 290 g/mol. The van der Waals surface area contributed by atoms with Crippen molar-refractivity contribution in [2.24, 2.45) is 0 Å². The molecule has 0 spiro atoms. The topological polar surface area (TPSA) is 38.1 Å². The molecule has 1 aliphatic heterocycles. The maximum absolute atomic E-state index is 12.6. The number of thiazole rings is 1. The lowest BCUT2D eigenvalue weighted by Gasteiger charge is -2.26. The first-order chi connectivity index (χ1) is 9.68. The molecule has 4 nitrogen and oxygen atoms in total. The number of carbonyl (C=O) groups is 1. The predicted molar refractivity (Wildman–Crippen MR) is 84.1 cm³/mol. The Labute approximate surface area is 126 Å². The lowest BCUT2D eigenvalue weighted by molar-refractivity contribution is 0.0771. The molecule has 20 heavy (non-hydrogen) atoms. The van der Waals surface area contributed by atoms with Crippen molar-refractivity contribution in [3.63, 3.8) is 0 Å². The fourth-order valence-electron chi connectivity index (χ4n) is 2.54. The highest BCUT2D eigenvalue weighted by Crippen LogP contribution is 2.24. The van der Waals surface area contributed by atoms with E-state index in [4.69, 9.17) is 0 Å². The van der Waals surface area contributed by atoms with E-state index in [1.807, 2.05) is 42.0 Å². The Morgan fingerprint density at radius 3 is 2.70 bits per heavy atom. The highest BCUT2D eigenvalue weighted by Gasteiger charge is 2.23. The van der Waals surface area contributed by atoms with Crippen LogP contribution in [0.3, 0.4) is 0 Å². The molecule has 0 aliphatic carbocycles. The van der Waals surface area contributed by atoms with E-state index in [2.05, 4.69) is 9.55 Å². The number of carbonyl (C=O) groups excluding carboxylic acids is 1. The van der Waals surface area contributed by atoms with Gasteiger partial charge in [-0.1, -0.05) is 0 Å². The van der Waals surface area contributed by atoms with Crippen molar-refractivity contribution >= 4 is 29.0 Å². The average molecular weight is 307 g/mol. The molecule has 0 unspecified atom stereocenters. The van der Waals surface area contributed by atoms with Gasteiger partial charge in [0.05, 0.1) is 5.56 Å². The first-order valence-electron chi connectivity index (χ1n) is 6.64. The lowest BCUT2D eigenvalue weighted by Crippen LogP contribution is -2.38. The number of amides is 1. The zero-order valence-electron chi connectivity index (χ0n) is 11.6. The molecule has 1 aliphatic rings. The molecule has 0 atom stereocenters. The van der Waals surface area contributed by atoms with Crippen LogP contribution in [0.2, 0.25) is 0 Å². The molecule has 1 fully saturated rings. The molecule has 6 heteroatoms. The summed E-state index contributed by atoms with van der Waals surface area (Å²) in [7, 11) is 0. The normalized spacial score (nSPS) is 15.6. The Morgan fingerprint density at radius 2 is 2.05 bits per heavy atom. The van der Waals surface area contributed by atoms with E-state index in [1.54, 1.807) is 17.5 Å². The third-order valence-electron chi connectivity index (χ3n) is 3.57. The van der Waals surface area contributed by atoms with E-state index >= 15 is 0 Å². The smallest absolute Gasteiger partial charge is 0.255 e. The van der Waals surface area contributed by atoms with Crippen LogP contribution in [-0.4, -0.2) is 45.0 Å². The summed E-state index contributed by atoms with van der Waals surface area (Å²) < 4.78 is 2.07. The Balaban J connectivity index is 1.95. The Kier molecular flexibility index (Phi) is 3.85. The van der Waals surface area contributed by atoms with Crippen LogP contribution in [-0.2, 0) is 0 Å².